The minimum Gasteiger partial charge on any atom is -0.346 e. The summed E-state index contributed by atoms with van der Waals surface area (Å²) in [4.78, 5) is 15.6. The summed E-state index contributed by atoms with van der Waals surface area (Å²) in [6.45, 7) is 1.08. The Morgan fingerprint density at radius 1 is 1.11 bits per heavy atom. The molecule has 1 aliphatic heterocycles. The summed E-state index contributed by atoms with van der Waals surface area (Å²) in [6, 6.07) is 7.38. The van der Waals surface area contributed by atoms with Gasteiger partial charge < -0.3 is 14.5 Å². The number of hydrogen-bond donors (Lipinski definition) is 1. The molecule has 1 aromatic carbocycles. The number of rotatable bonds is 4. The van der Waals surface area contributed by atoms with Crippen LogP contribution in [0.4, 0.5) is 4.39 Å². The first-order chi connectivity index (χ1) is 13.4. The smallest absolute Gasteiger partial charge is 0.247 e. The molecule has 3 heterocycles. The average Bonchev–Trinajstić information content (AvgIpc) is 3.14. The van der Waals surface area contributed by atoms with E-state index in [1.165, 1.54) is 18.3 Å². The molecule has 8 nitrogen and oxygen atoms in total. The molecule has 0 radical (unpaired) electrons. The molecule has 1 saturated heterocycles. The van der Waals surface area contributed by atoms with Gasteiger partial charge in [0.05, 0.1) is 30.3 Å². The Morgan fingerprint density at radius 2 is 1.82 bits per heavy atom. The molecule has 4 rings (SSSR count). The predicted octanol–water partition coefficient (Wildman–Crippen LogP) is 2.51. The van der Waals surface area contributed by atoms with Crippen LogP contribution in [0, 0.1) is 5.82 Å². The van der Waals surface area contributed by atoms with Gasteiger partial charge in [-0.25, -0.2) is 27.8 Å². The van der Waals surface area contributed by atoms with Crippen LogP contribution in [0.1, 0.15) is 18.5 Å². The second-order valence-corrected chi connectivity index (χ2v) is 8.19. The SMILES string of the molecule is CS(=O)(=O)c1nccc(-c2[nH]c(C3OCCCO3)nc2-c2ccc(F)cc2)n1. The van der Waals surface area contributed by atoms with E-state index in [2.05, 4.69) is 19.9 Å². The second kappa shape index (κ2) is 7.38. The summed E-state index contributed by atoms with van der Waals surface area (Å²) in [5.41, 5.74) is 1.91. The van der Waals surface area contributed by atoms with Crippen molar-refractivity contribution in [3.05, 3.63) is 48.2 Å². The Labute approximate surface area is 160 Å². The number of nitrogens with zero attached hydrogens (tertiary/aromatic N) is 3. The topological polar surface area (TPSA) is 107 Å². The maximum Gasteiger partial charge on any atom is 0.247 e. The van der Waals surface area contributed by atoms with Gasteiger partial charge in [0.2, 0.25) is 21.3 Å². The van der Waals surface area contributed by atoms with Crippen molar-refractivity contribution in [1.29, 1.82) is 0 Å². The Balaban J connectivity index is 1.85. The van der Waals surface area contributed by atoms with Gasteiger partial charge in [-0.3, -0.25) is 0 Å². The van der Waals surface area contributed by atoms with Crippen molar-refractivity contribution in [3.8, 4) is 22.6 Å². The molecule has 10 heteroatoms. The van der Waals surface area contributed by atoms with E-state index < -0.39 is 16.1 Å². The number of imidazole rings is 1. The molecule has 1 fully saturated rings. The van der Waals surface area contributed by atoms with Crippen molar-refractivity contribution in [2.45, 2.75) is 17.9 Å². The number of halogens is 1. The van der Waals surface area contributed by atoms with Crippen molar-refractivity contribution in [2.75, 3.05) is 19.5 Å². The lowest BCUT2D eigenvalue weighted by molar-refractivity contribution is -0.186. The van der Waals surface area contributed by atoms with E-state index in [4.69, 9.17) is 9.47 Å². The first-order valence-electron chi connectivity index (χ1n) is 8.54. The summed E-state index contributed by atoms with van der Waals surface area (Å²) in [5.74, 6) is 0.0509. The van der Waals surface area contributed by atoms with Gasteiger partial charge in [-0.2, -0.15) is 0 Å². The number of hydrogen-bond acceptors (Lipinski definition) is 7. The highest BCUT2D eigenvalue weighted by Crippen LogP contribution is 2.32. The largest absolute Gasteiger partial charge is 0.346 e. The lowest BCUT2D eigenvalue weighted by Gasteiger charge is -2.21. The zero-order valence-electron chi connectivity index (χ0n) is 14.9. The van der Waals surface area contributed by atoms with Crippen LogP contribution in [-0.4, -0.2) is 47.8 Å². The average molecular weight is 404 g/mol. The first-order valence-corrected chi connectivity index (χ1v) is 10.4. The summed E-state index contributed by atoms with van der Waals surface area (Å²) in [6.07, 6.45) is 2.52. The quantitative estimate of drug-likeness (QED) is 0.666. The molecule has 0 saturated carbocycles. The zero-order chi connectivity index (χ0) is 19.7. The highest BCUT2D eigenvalue weighted by atomic mass is 32.2. The van der Waals surface area contributed by atoms with E-state index in [0.717, 1.165) is 12.7 Å². The van der Waals surface area contributed by atoms with E-state index in [1.807, 2.05) is 0 Å². The number of benzene rings is 1. The highest BCUT2D eigenvalue weighted by Gasteiger charge is 2.25. The van der Waals surface area contributed by atoms with Crippen molar-refractivity contribution < 1.29 is 22.3 Å². The Morgan fingerprint density at radius 3 is 2.50 bits per heavy atom. The molecule has 0 amide bonds. The van der Waals surface area contributed by atoms with Crippen molar-refractivity contribution in [3.63, 3.8) is 0 Å². The lowest BCUT2D eigenvalue weighted by atomic mass is 10.1. The van der Waals surface area contributed by atoms with E-state index in [-0.39, 0.29) is 11.0 Å². The van der Waals surface area contributed by atoms with Crippen LogP contribution in [-0.2, 0) is 19.3 Å². The Hall–Kier alpha value is -2.69. The third-order valence-corrected chi connectivity index (χ3v) is 4.97. The summed E-state index contributed by atoms with van der Waals surface area (Å²) in [5, 5.41) is -0.295. The van der Waals surface area contributed by atoms with Crippen LogP contribution >= 0.6 is 0 Å². The Bertz CT molecular complexity index is 1090. The van der Waals surface area contributed by atoms with Gasteiger partial charge in [-0.15, -0.1) is 0 Å². The molecule has 2 aromatic heterocycles. The number of aromatic amines is 1. The molecule has 3 aromatic rings. The number of sulfone groups is 1. The van der Waals surface area contributed by atoms with Gasteiger partial charge in [0.25, 0.3) is 0 Å². The van der Waals surface area contributed by atoms with Gasteiger partial charge in [0, 0.05) is 18.0 Å². The van der Waals surface area contributed by atoms with Gasteiger partial charge in [0.15, 0.2) is 5.82 Å². The number of nitrogens with one attached hydrogen (secondary N) is 1. The molecule has 0 bridgehead atoms. The molecule has 1 N–H and O–H groups in total. The molecular formula is C18H17FN4O4S. The van der Waals surface area contributed by atoms with Crippen LogP contribution < -0.4 is 0 Å². The molecule has 0 atom stereocenters. The number of H-pyrrole nitrogens is 1. The molecule has 1 aliphatic rings. The first kappa shape index (κ1) is 18.7. The monoisotopic (exact) mass is 404 g/mol. The summed E-state index contributed by atoms with van der Waals surface area (Å²) in [7, 11) is -3.59. The van der Waals surface area contributed by atoms with E-state index in [0.29, 0.717) is 41.7 Å². The van der Waals surface area contributed by atoms with Crippen molar-refractivity contribution >= 4 is 9.84 Å². The molecule has 0 aliphatic carbocycles. The molecule has 146 valence electrons. The zero-order valence-corrected chi connectivity index (χ0v) is 15.7. The number of aromatic nitrogens is 4. The minimum absolute atomic E-state index is 0.295. The maximum absolute atomic E-state index is 13.4. The Kier molecular flexibility index (Phi) is 4.92. The van der Waals surface area contributed by atoms with Gasteiger partial charge in [0.1, 0.15) is 5.82 Å². The number of ether oxygens (including phenoxy) is 2. The van der Waals surface area contributed by atoms with E-state index >= 15 is 0 Å². The van der Waals surface area contributed by atoms with Crippen LogP contribution in [0.15, 0.2) is 41.7 Å². The van der Waals surface area contributed by atoms with E-state index in [1.54, 1.807) is 18.2 Å². The van der Waals surface area contributed by atoms with Crippen LogP contribution in [0.25, 0.3) is 22.6 Å². The molecule has 0 spiro atoms. The normalized spacial score (nSPS) is 15.6. The lowest BCUT2D eigenvalue weighted by Crippen LogP contribution is -2.18. The summed E-state index contributed by atoms with van der Waals surface area (Å²) >= 11 is 0. The van der Waals surface area contributed by atoms with Gasteiger partial charge in [-0.1, -0.05) is 0 Å². The highest BCUT2D eigenvalue weighted by molar-refractivity contribution is 7.90. The van der Waals surface area contributed by atoms with E-state index in [9.17, 15) is 12.8 Å². The molecule has 28 heavy (non-hydrogen) atoms. The molecular weight excluding hydrogens is 387 g/mol. The van der Waals surface area contributed by atoms with Crippen molar-refractivity contribution in [1.82, 2.24) is 19.9 Å². The standard InChI is InChI=1S/C18H17FN4O4S/c1-28(24,25)18-20-8-7-13(21-18)15-14(11-3-5-12(19)6-4-11)22-16(23-15)17-26-9-2-10-27-17/h3-8,17H,2,9-10H2,1H3,(H,22,23). The van der Waals surface area contributed by atoms with Crippen LogP contribution in [0.3, 0.4) is 0 Å². The third kappa shape index (κ3) is 3.79. The van der Waals surface area contributed by atoms with Gasteiger partial charge in [-0.05, 0) is 36.8 Å². The fourth-order valence-electron chi connectivity index (χ4n) is 2.81. The van der Waals surface area contributed by atoms with Crippen molar-refractivity contribution in [2.24, 2.45) is 0 Å². The molecule has 0 unspecified atom stereocenters. The predicted molar refractivity (Wildman–Crippen MR) is 97.4 cm³/mol. The fraction of sp³-hybridized carbons (Fsp3) is 0.278. The van der Waals surface area contributed by atoms with Crippen LogP contribution in [0.2, 0.25) is 0 Å². The fourth-order valence-corrected chi connectivity index (χ4v) is 3.33. The van der Waals surface area contributed by atoms with Gasteiger partial charge >= 0.3 is 0 Å². The second-order valence-electron chi connectivity index (χ2n) is 6.28. The third-order valence-electron chi connectivity index (χ3n) is 4.11. The summed E-state index contributed by atoms with van der Waals surface area (Å²) < 4.78 is 48.2. The minimum atomic E-state index is -3.59. The maximum atomic E-state index is 13.4. The van der Waals surface area contributed by atoms with Crippen LogP contribution in [0.5, 0.6) is 0 Å².